The van der Waals surface area contributed by atoms with Crippen LogP contribution in [0.25, 0.3) is 0 Å². The predicted molar refractivity (Wildman–Crippen MR) is 65.4 cm³/mol. The SMILES string of the molecule is CCCCN(CCCC)C(CO)(CO)CO. The van der Waals surface area contributed by atoms with Crippen molar-refractivity contribution in [2.75, 3.05) is 32.9 Å². The average Bonchev–Trinajstić information content (AvgIpc) is 2.34. The molecule has 0 aromatic rings. The van der Waals surface area contributed by atoms with Gasteiger partial charge in [0.05, 0.1) is 25.4 Å². The van der Waals surface area contributed by atoms with Gasteiger partial charge < -0.3 is 15.3 Å². The molecule has 0 aliphatic heterocycles. The standard InChI is InChI=1S/C12H27NO3/c1-3-5-7-13(8-6-4-2)12(9-14,10-15)11-16/h14-16H,3-11H2,1-2H3. The van der Waals surface area contributed by atoms with E-state index in [9.17, 15) is 15.3 Å². The Labute approximate surface area is 98.9 Å². The minimum atomic E-state index is -0.857. The van der Waals surface area contributed by atoms with Crippen molar-refractivity contribution in [1.29, 1.82) is 0 Å². The number of rotatable bonds is 10. The molecule has 4 heteroatoms. The number of hydrogen-bond acceptors (Lipinski definition) is 4. The maximum Gasteiger partial charge on any atom is 0.0906 e. The van der Waals surface area contributed by atoms with Gasteiger partial charge in [-0.1, -0.05) is 26.7 Å². The van der Waals surface area contributed by atoms with Crippen LogP contribution in [0.15, 0.2) is 0 Å². The summed E-state index contributed by atoms with van der Waals surface area (Å²) < 4.78 is 0. The largest absolute Gasteiger partial charge is 0.394 e. The fraction of sp³-hybridized carbons (Fsp3) is 1.00. The lowest BCUT2D eigenvalue weighted by atomic mass is 9.99. The number of unbranched alkanes of at least 4 members (excludes halogenated alkanes) is 2. The van der Waals surface area contributed by atoms with E-state index in [-0.39, 0.29) is 19.8 Å². The second-order valence-electron chi connectivity index (χ2n) is 4.39. The van der Waals surface area contributed by atoms with Crippen LogP contribution in [0.2, 0.25) is 0 Å². The van der Waals surface area contributed by atoms with Gasteiger partial charge in [-0.2, -0.15) is 0 Å². The van der Waals surface area contributed by atoms with Crippen molar-refractivity contribution in [2.24, 2.45) is 0 Å². The Morgan fingerprint density at radius 3 is 1.44 bits per heavy atom. The molecule has 4 nitrogen and oxygen atoms in total. The highest BCUT2D eigenvalue weighted by molar-refractivity contribution is 4.89. The highest BCUT2D eigenvalue weighted by atomic mass is 16.3. The van der Waals surface area contributed by atoms with E-state index >= 15 is 0 Å². The van der Waals surface area contributed by atoms with E-state index < -0.39 is 5.54 Å². The molecular formula is C12H27NO3. The van der Waals surface area contributed by atoms with E-state index in [0.717, 1.165) is 38.8 Å². The molecule has 0 rings (SSSR count). The van der Waals surface area contributed by atoms with Gasteiger partial charge in [0.2, 0.25) is 0 Å². The Hall–Kier alpha value is -0.160. The molecule has 0 amide bonds. The van der Waals surface area contributed by atoms with Gasteiger partial charge in [-0.15, -0.1) is 0 Å². The summed E-state index contributed by atoms with van der Waals surface area (Å²) in [6, 6.07) is 0. The van der Waals surface area contributed by atoms with Crippen LogP contribution in [0.1, 0.15) is 39.5 Å². The summed E-state index contributed by atoms with van der Waals surface area (Å²) in [6.07, 6.45) is 4.18. The summed E-state index contributed by atoms with van der Waals surface area (Å²) in [4.78, 5) is 2.03. The van der Waals surface area contributed by atoms with Gasteiger partial charge in [-0.25, -0.2) is 0 Å². The van der Waals surface area contributed by atoms with Crippen LogP contribution in [0.3, 0.4) is 0 Å². The molecule has 0 unspecified atom stereocenters. The Bertz CT molecular complexity index is 144. The van der Waals surface area contributed by atoms with Crippen molar-refractivity contribution in [3.8, 4) is 0 Å². The molecule has 0 spiro atoms. The van der Waals surface area contributed by atoms with E-state index in [0.29, 0.717) is 0 Å². The van der Waals surface area contributed by atoms with E-state index in [1.807, 2.05) is 4.90 Å². The summed E-state index contributed by atoms with van der Waals surface area (Å²) in [7, 11) is 0. The summed E-state index contributed by atoms with van der Waals surface area (Å²) in [5.74, 6) is 0. The van der Waals surface area contributed by atoms with Crippen molar-refractivity contribution < 1.29 is 15.3 Å². The molecule has 0 bridgehead atoms. The number of aliphatic hydroxyl groups is 3. The molecule has 0 saturated heterocycles. The summed E-state index contributed by atoms with van der Waals surface area (Å²) in [5.41, 5.74) is -0.857. The van der Waals surface area contributed by atoms with Crippen LogP contribution >= 0.6 is 0 Å². The highest BCUT2D eigenvalue weighted by Gasteiger charge is 2.34. The van der Waals surface area contributed by atoms with Crippen molar-refractivity contribution in [3.05, 3.63) is 0 Å². The van der Waals surface area contributed by atoms with Gasteiger partial charge in [0, 0.05) is 0 Å². The molecule has 0 aromatic heterocycles. The summed E-state index contributed by atoms with van der Waals surface area (Å²) in [6.45, 7) is 5.25. The zero-order chi connectivity index (χ0) is 12.4. The number of nitrogens with zero attached hydrogens (tertiary/aromatic N) is 1. The first-order valence-corrected chi connectivity index (χ1v) is 6.28. The fourth-order valence-electron chi connectivity index (χ4n) is 1.73. The third-order valence-corrected chi connectivity index (χ3v) is 3.12. The number of hydrogen-bond donors (Lipinski definition) is 3. The van der Waals surface area contributed by atoms with Gasteiger partial charge in [0.15, 0.2) is 0 Å². The molecule has 0 aliphatic rings. The first-order valence-electron chi connectivity index (χ1n) is 6.28. The molecule has 0 aromatic carbocycles. The quantitative estimate of drug-likeness (QED) is 0.517. The first-order chi connectivity index (χ1) is 7.70. The van der Waals surface area contributed by atoms with Crippen LogP contribution in [0.4, 0.5) is 0 Å². The molecule has 16 heavy (non-hydrogen) atoms. The Morgan fingerprint density at radius 2 is 1.19 bits per heavy atom. The third-order valence-electron chi connectivity index (χ3n) is 3.12. The van der Waals surface area contributed by atoms with Crippen LogP contribution < -0.4 is 0 Å². The van der Waals surface area contributed by atoms with Crippen LogP contribution in [0.5, 0.6) is 0 Å². The van der Waals surface area contributed by atoms with Crippen molar-refractivity contribution >= 4 is 0 Å². The molecule has 0 fully saturated rings. The van der Waals surface area contributed by atoms with E-state index in [1.165, 1.54) is 0 Å². The zero-order valence-electron chi connectivity index (χ0n) is 10.7. The second kappa shape index (κ2) is 8.93. The van der Waals surface area contributed by atoms with E-state index in [2.05, 4.69) is 13.8 Å². The Balaban J connectivity index is 4.52. The fourth-order valence-corrected chi connectivity index (χ4v) is 1.73. The minimum Gasteiger partial charge on any atom is -0.394 e. The van der Waals surface area contributed by atoms with Crippen molar-refractivity contribution in [1.82, 2.24) is 4.90 Å². The highest BCUT2D eigenvalue weighted by Crippen LogP contribution is 2.16. The minimum absolute atomic E-state index is 0.201. The van der Waals surface area contributed by atoms with Gasteiger partial charge in [0.1, 0.15) is 0 Å². The maximum absolute atomic E-state index is 9.38. The van der Waals surface area contributed by atoms with E-state index in [4.69, 9.17) is 0 Å². The second-order valence-corrected chi connectivity index (χ2v) is 4.39. The predicted octanol–water partition coefficient (Wildman–Crippen LogP) is 0.604. The Morgan fingerprint density at radius 1 is 0.812 bits per heavy atom. The number of aliphatic hydroxyl groups excluding tert-OH is 3. The van der Waals surface area contributed by atoms with Gasteiger partial charge in [-0.3, -0.25) is 4.90 Å². The molecular weight excluding hydrogens is 206 g/mol. The summed E-state index contributed by atoms with van der Waals surface area (Å²) in [5, 5.41) is 28.2. The smallest absolute Gasteiger partial charge is 0.0906 e. The first kappa shape index (κ1) is 15.8. The van der Waals surface area contributed by atoms with Crippen LogP contribution in [0, 0.1) is 0 Å². The lowest BCUT2D eigenvalue weighted by Gasteiger charge is -2.40. The molecule has 0 aliphatic carbocycles. The lowest BCUT2D eigenvalue weighted by Crippen LogP contribution is -2.57. The average molecular weight is 233 g/mol. The zero-order valence-corrected chi connectivity index (χ0v) is 10.7. The molecule has 98 valence electrons. The van der Waals surface area contributed by atoms with Crippen LogP contribution in [-0.4, -0.2) is 58.7 Å². The topological polar surface area (TPSA) is 63.9 Å². The summed E-state index contributed by atoms with van der Waals surface area (Å²) >= 11 is 0. The molecule has 0 heterocycles. The third kappa shape index (κ3) is 4.37. The molecule has 0 saturated carbocycles. The van der Waals surface area contributed by atoms with Gasteiger partial charge in [0.25, 0.3) is 0 Å². The van der Waals surface area contributed by atoms with Crippen molar-refractivity contribution in [2.45, 2.75) is 45.1 Å². The molecule has 0 atom stereocenters. The van der Waals surface area contributed by atoms with Crippen molar-refractivity contribution in [3.63, 3.8) is 0 Å². The van der Waals surface area contributed by atoms with Crippen LogP contribution in [-0.2, 0) is 0 Å². The van der Waals surface area contributed by atoms with E-state index in [1.54, 1.807) is 0 Å². The normalized spacial score (nSPS) is 12.4. The molecule has 0 radical (unpaired) electrons. The van der Waals surface area contributed by atoms with Gasteiger partial charge in [-0.05, 0) is 25.9 Å². The Kier molecular flexibility index (Phi) is 8.84. The lowest BCUT2D eigenvalue weighted by molar-refractivity contribution is -0.0488. The molecule has 3 N–H and O–H groups in total. The maximum atomic E-state index is 9.38. The monoisotopic (exact) mass is 233 g/mol. The van der Waals surface area contributed by atoms with Gasteiger partial charge >= 0.3 is 0 Å².